The van der Waals surface area contributed by atoms with E-state index in [0.717, 1.165) is 5.56 Å². The maximum absolute atomic E-state index is 11.5. The highest BCUT2D eigenvalue weighted by Gasteiger charge is 2.10. The monoisotopic (exact) mass is 282 g/mol. The Balaban J connectivity index is 2.57. The number of carbonyl (C=O) groups excluding carboxylic acids is 1. The van der Waals surface area contributed by atoms with Crippen molar-refractivity contribution >= 4 is 5.91 Å². The van der Waals surface area contributed by atoms with Crippen molar-refractivity contribution in [3.05, 3.63) is 23.8 Å². The van der Waals surface area contributed by atoms with Gasteiger partial charge in [0.05, 0.1) is 13.7 Å². The van der Waals surface area contributed by atoms with E-state index < -0.39 is 0 Å². The van der Waals surface area contributed by atoms with E-state index in [0.29, 0.717) is 24.7 Å². The molecular formula is C14H22N2O4. The first kappa shape index (κ1) is 16.3. The van der Waals surface area contributed by atoms with Gasteiger partial charge < -0.3 is 25.3 Å². The lowest BCUT2D eigenvalue weighted by atomic mass is 10.1. The van der Waals surface area contributed by atoms with Crippen molar-refractivity contribution in [3.8, 4) is 11.5 Å². The number of benzene rings is 1. The molecule has 112 valence electrons. The van der Waals surface area contributed by atoms with Crippen molar-refractivity contribution in [2.24, 2.45) is 5.73 Å². The third-order valence-electron chi connectivity index (χ3n) is 2.70. The Bertz CT molecular complexity index is 435. The van der Waals surface area contributed by atoms with Crippen molar-refractivity contribution in [2.75, 3.05) is 34.0 Å². The molecule has 6 heteroatoms. The molecule has 1 unspecified atom stereocenters. The number of carbonyl (C=O) groups is 1. The molecule has 6 nitrogen and oxygen atoms in total. The predicted octanol–water partition coefficient (Wildman–Crippen LogP) is 0.856. The van der Waals surface area contributed by atoms with E-state index in [1.54, 1.807) is 20.3 Å². The van der Waals surface area contributed by atoms with E-state index in [4.69, 9.17) is 19.9 Å². The number of rotatable bonds is 8. The Kier molecular flexibility index (Phi) is 6.83. The lowest BCUT2D eigenvalue weighted by Crippen LogP contribution is -2.31. The summed E-state index contributed by atoms with van der Waals surface area (Å²) in [5, 5.41) is 2.67. The third kappa shape index (κ3) is 5.07. The second-order valence-corrected chi connectivity index (χ2v) is 4.33. The largest absolute Gasteiger partial charge is 0.493 e. The number of hydrogen-bond donors (Lipinski definition) is 2. The number of amides is 1. The smallest absolute Gasteiger partial charge is 0.258 e. The van der Waals surface area contributed by atoms with Crippen LogP contribution in [0.3, 0.4) is 0 Å². The van der Waals surface area contributed by atoms with E-state index in [1.165, 1.54) is 0 Å². The van der Waals surface area contributed by atoms with E-state index in [1.807, 2.05) is 19.1 Å². The van der Waals surface area contributed by atoms with Crippen molar-refractivity contribution in [1.29, 1.82) is 0 Å². The Morgan fingerprint density at radius 1 is 1.35 bits per heavy atom. The summed E-state index contributed by atoms with van der Waals surface area (Å²) in [6.07, 6.45) is 0. The minimum atomic E-state index is -0.208. The number of ether oxygens (including phenoxy) is 3. The maximum Gasteiger partial charge on any atom is 0.258 e. The molecule has 0 bridgehead atoms. The summed E-state index contributed by atoms with van der Waals surface area (Å²) in [7, 11) is 3.12. The van der Waals surface area contributed by atoms with Crippen LogP contribution in [0.25, 0.3) is 0 Å². The summed E-state index contributed by atoms with van der Waals surface area (Å²) in [5.74, 6) is 0.864. The van der Waals surface area contributed by atoms with Gasteiger partial charge in [-0.25, -0.2) is 0 Å². The van der Waals surface area contributed by atoms with Crippen LogP contribution in [0.1, 0.15) is 18.5 Å². The van der Waals surface area contributed by atoms with Gasteiger partial charge in [0.2, 0.25) is 0 Å². The Hall–Kier alpha value is -1.79. The molecule has 0 aliphatic carbocycles. The molecule has 1 aromatic carbocycles. The summed E-state index contributed by atoms with van der Waals surface area (Å²) >= 11 is 0. The van der Waals surface area contributed by atoms with Gasteiger partial charge in [0, 0.05) is 19.7 Å². The van der Waals surface area contributed by atoms with Crippen LogP contribution in [0, 0.1) is 0 Å². The van der Waals surface area contributed by atoms with Crippen LogP contribution in [0.4, 0.5) is 0 Å². The molecule has 0 aliphatic heterocycles. The molecule has 20 heavy (non-hydrogen) atoms. The normalized spacial score (nSPS) is 11.8. The topological polar surface area (TPSA) is 82.8 Å². The van der Waals surface area contributed by atoms with Gasteiger partial charge in [-0.2, -0.15) is 0 Å². The van der Waals surface area contributed by atoms with Gasteiger partial charge in [0.1, 0.15) is 0 Å². The van der Waals surface area contributed by atoms with Gasteiger partial charge >= 0.3 is 0 Å². The standard InChI is InChI=1S/C14H22N2O4/c1-10(15)11-4-5-12(13(8-11)19-3)20-9-14(17)16-6-7-18-2/h4-5,8,10H,6-7,9,15H2,1-3H3,(H,16,17). The Labute approximate surface area is 119 Å². The number of methoxy groups -OCH3 is 2. The zero-order valence-electron chi connectivity index (χ0n) is 12.1. The molecule has 1 aromatic rings. The quantitative estimate of drug-likeness (QED) is 0.691. The molecule has 0 aliphatic rings. The van der Waals surface area contributed by atoms with E-state index >= 15 is 0 Å². The summed E-state index contributed by atoms with van der Waals surface area (Å²) < 4.78 is 15.5. The van der Waals surface area contributed by atoms with E-state index in [2.05, 4.69) is 5.32 Å². The molecule has 1 atom stereocenters. The summed E-state index contributed by atoms with van der Waals surface area (Å²) in [6, 6.07) is 5.32. The Morgan fingerprint density at radius 3 is 2.70 bits per heavy atom. The van der Waals surface area contributed by atoms with Gasteiger partial charge in [-0.1, -0.05) is 6.07 Å². The summed E-state index contributed by atoms with van der Waals surface area (Å²) in [5.41, 5.74) is 6.75. The average molecular weight is 282 g/mol. The molecule has 1 rings (SSSR count). The second-order valence-electron chi connectivity index (χ2n) is 4.33. The van der Waals surface area contributed by atoms with Crippen molar-refractivity contribution in [1.82, 2.24) is 5.32 Å². The molecule has 0 saturated carbocycles. The number of nitrogens with one attached hydrogen (secondary N) is 1. The van der Waals surface area contributed by atoms with Crippen LogP contribution in [0.2, 0.25) is 0 Å². The molecule has 0 spiro atoms. The molecule has 0 saturated heterocycles. The molecule has 1 amide bonds. The van der Waals surface area contributed by atoms with Gasteiger partial charge in [0.15, 0.2) is 18.1 Å². The first-order valence-electron chi connectivity index (χ1n) is 6.40. The van der Waals surface area contributed by atoms with Crippen LogP contribution >= 0.6 is 0 Å². The number of hydrogen-bond acceptors (Lipinski definition) is 5. The predicted molar refractivity (Wildman–Crippen MR) is 76.0 cm³/mol. The fourth-order valence-electron chi connectivity index (χ4n) is 1.57. The average Bonchev–Trinajstić information content (AvgIpc) is 2.45. The summed E-state index contributed by atoms with van der Waals surface area (Å²) in [6.45, 7) is 2.74. The van der Waals surface area contributed by atoms with Crippen molar-refractivity contribution in [3.63, 3.8) is 0 Å². The van der Waals surface area contributed by atoms with Gasteiger partial charge in [-0.15, -0.1) is 0 Å². The van der Waals surface area contributed by atoms with Gasteiger partial charge in [0.25, 0.3) is 5.91 Å². The van der Waals surface area contributed by atoms with E-state index in [9.17, 15) is 4.79 Å². The van der Waals surface area contributed by atoms with Crippen molar-refractivity contribution < 1.29 is 19.0 Å². The zero-order valence-corrected chi connectivity index (χ0v) is 12.1. The molecule has 3 N–H and O–H groups in total. The van der Waals surface area contributed by atoms with Crippen LogP contribution in [0.15, 0.2) is 18.2 Å². The minimum absolute atomic E-state index is 0.0718. The van der Waals surface area contributed by atoms with E-state index in [-0.39, 0.29) is 18.6 Å². The highest BCUT2D eigenvalue weighted by Crippen LogP contribution is 2.29. The van der Waals surface area contributed by atoms with Crippen molar-refractivity contribution in [2.45, 2.75) is 13.0 Å². The van der Waals surface area contributed by atoms with Crippen LogP contribution in [-0.2, 0) is 9.53 Å². The van der Waals surface area contributed by atoms with Gasteiger partial charge in [-0.05, 0) is 24.6 Å². The molecule has 0 heterocycles. The fraction of sp³-hybridized carbons (Fsp3) is 0.500. The third-order valence-corrected chi connectivity index (χ3v) is 2.70. The first-order valence-corrected chi connectivity index (χ1v) is 6.40. The lowest BCUT2D eigenvalue weighted by molar-refractivity contribution is -0.123. The second kappa shape index (κ2) is 8.39. The van der Waals surface area contributed by atoms with Crippen LogP contribution in [-0.4, -0.2) is 39.9 Å². The molecule has 0 radical (unpaired) electrons. The zero-order chi connectivity index (χ0) is 15.0. The molecule has 0 aromatic heterocycles. The SMILES string of the molecule is COCCNC(=O)COc1ccc(C(C)N)cc1OC. The first-order chi connectivity index (χ1) is 9.58. The minimum Gasteiger partial charge on any atom is -0.493 e. The molecule has 0 fully saturated rings. The maximum atomic E-state index is 11.5. The summed E-state index contributed by atoms with van der Waals surface area (Å²) in [4.78, 5) is 11.5. The highest BCUT2D eigenvalue weighted by molar-refractivity contribution is 5.77. The van der Waals surface area contributed by atoms with Crippen LogP contribution < -0.4 is 20.5 Å². The fourth-order valence-corrected chi connectivity index (χ4v) is 1.57. The lowest BCUT2D eigenvalue weighted by Gasteiger charge is -2.13. The Morgan fingerprint density at radius 2 is 2.10 bits per heavy atom. The van der Waals surface area contributed by atoms with Gasteiger partial charge in [-0.3, -0.25) is 4.79 Å². The number of nitrogens with two attached hydrogens (primary N) is 1. The van der Waals surface area contributed by atoms with Crippen LogP contribution in [0.5, 0.6) is 11.5 Å². The highest BCUT2D eigenvalue weighted by atomic mass is 16.5. The molecular weight excluding hydrogens is 260 g/mol.